The Labute approximate surface area is 187 Å². The van der Waals surface area contributed by atoms with Gasteiger partial charge in [-0.2, -0.15) is 0 Å². The second-order valence-corrected chi connectivity index (χ2v) is 8.26. The third-order valence-electron chi connectivity index (χ3n) is 6.00. The molecule has 0 atom stereocenters. The number of para-hydroxylation sites is 1. The summed E-state index contributed by atoms with van der Waals surface area (Å²) in [6.07, 6.45) is 0. The van der Waals surface area contributed by atoms with E-state index in [1.165, 1.54) is 15.9 Å². The van der Waals surface area contributed by atoms with Gasteiger partial charge in [-0.1, -0.05) is 42.0 Å². The summed E-state index contributed by atoms with van der Waals surface area (Å²) in [6, 6.07) is 14.4. The quantitative estimate of drug-likeness (QED) is 0.666. The number of carbonyl (C=O) groups excluding carboxylic acids is 3. The molecule has 8 heteroatoms. The Balaban J connectivity index is 1.29. The molecule has 2 fully saturated rings. The molecule has 2 aromatic carbocycles. The molecule has 2 aliphatic heterocycles. The van der Waals surface area contributed by atoms with E-state index >= 15 is 0 Å². The van der Waals surface area contributed by atoms with Crippen LogP contribution in [-0.2, 0) is 20.9 Å². The van der Waals surface area contributed by atoms with E-state index in [-0.39, 0.29) is 18.3 Å². The van der Waals surface area contributed by atoms with Crippen LogP contribution in [0.15, 0.2) is 48.5 Å². The van der Waals surface area contributed by atoms with Gasteiger partial charge in [-0.25, -0.2) is 4.39 Å². The van der Waals surface area contributed by atoms with Crippen LogP contribution in [0.3, 0.4) is 0 Å². The molecule has 0 spiro atoms. The van der Waals surface area contributed by atoms with Gasteiger partial charge in [0.05, 0.1) is 5.69 Å². The third kappa shape index (κ3) is 4.74. The average molecular weight is 439 g/mol. The Hall–Kier alpha value is -3.42. The highest BCUT2D eigenvalue weighted by molar-refractivity contribution is 6.35. The minimum absolute atomic E-state index is 0.109. The van der Waals surface area contributed by atoms with E-state index in [9.17, 15) is 18.8 Å². The molecule has 0 aliphatic carbocycles. The minimum atomic E-state index is -0.637. The van der Waals surface area contributed by atoms with Gasteiger partial charge in [-0.3, -0.25) is 14.4 Å². The molecule has 7 nitrogen and oxygen atoms in total. The van der Waals surface area contributed by atoms with E-state index in [0.29, 0.717) is 51.5 Å². The Kier molecular flexibility index (Phi) is 6.39. The molecule has 4 rings (SSSR count). The van der Waals surface area contributed by atoms with Gasteiger partial charge in [0.25, 0.3) is 0 Å². The summed E-state index contributed by atoms with van der Waals surface area (Å²) < 4.78 is 14.0. The van der Waals surface area contributed by atoms with Crippen molar-refractivity contribution < 1.29 is 18.8 Å². The molecule has 32 heavy (non-hydrogen) atoms. The lowest BCUT2D eigenvalue weighted by molar-refractivity contribution is -0.158. The first-order chi connectivity index (χ1) is 15.4. The largest absolute Gasteiger partial charge is 0.366 e. The van der Waals surface area contributed by atoms with Crippen LogP contribution in [0.25, 0.3) is 0 Å². The van der Waals surface area contributed by atoms with Crippen molar-refractivity contribution in [3.8, 4) is 0 Å². The van der Waals surface area contributed by atoms with Crippen molar-refractivity contribution >= 4 is 23.4 Å². The average Bonchev–Trinajstić information content (AvgIpc) is 2.79. The first-order valence-corrected chi connectivity index (χ1v) is 10.8. The summed E-state index contributed by atoms with van der Waals surface area (Å²) in [4.78, 5) is 44.4. The maximum atomic E-state index is 14.0. The van der Waals surface area contributed by atoms with E-state index < -0.39 is 11.8 Å². The Morgan fingerprint density at radius 2 is 1.56 bits per heavy atom. The van der Waals surface area contributed by atoms with Crippen molar-refractivity contribution in [3.05, 3.63) is 65.5 Å². The number of carbonyl (C=O) groups is 3. The molecular formula is C24H27FN4O3. The van der Waals surface area contributed by atoms with E-state index in [2.05, 4.69) is 0 Å². The van der Waals surface area contributed by atoms with Crippen molar-refractivity contribution in [1.82, 2.24) is 14.7 Å². The number of benzene rings is 2. The lowest BCUT2D eigenvalue weighted by Crippen LogP contribution is -2.57. The molecule has 0 bridgehead atoms. The van der Waals surface area contributed by atoms with Gasteiger partial charge >= 0.3 is 11.8 Å². The van der Waals surface area contributed by atoms with Crippen LogP contribution in [0.1, 0.15) is 11.1 Å². The molecule has 0 saturated carbocycles. The maximum Gasteiger partial charge on any atom is 0.312 e. The van der Waals surface area contributed by atoms with Gasteiger partial charge in [0, 0.05) is 45.8 Å². The SMILES string of the molecule is Cc1cccc(CN2CCN(CC(=O)N3CCN(c4ccccc4F)CC3)C(=O)C2=O)c1. The molecule has 0 aromatic heterocycles. The summed E-state index contributed by atoms with van der Waals surface area (Å²) in [7, 11) is 0. The highest BCUT2D eigenvalue weighted by Gasteiger charge is 2.34. The predicted octanol–water partition coefficient (Wildman–Crippen LogP) is 1.65. The molecule has 2 saturated heterocycles. The molecule has 2 heterocycles. The summed E-state index contributed by atoms with van der Waals surface area (Å²) >= 11 is 0. The number of rotatable bonds is 5. The standard InChI is InChI=1S/C24H27FN4O3/c1-18-5-4-6-19(15-18)16-28-13-14-29(24(32)23(28)31)17-22(30)27-11-9-26(10-12-27)21-8-3-2-7-20(21)25/h2-8,15H,9-14,16-17H2,1H3. The fraction of sp³-hybridized carbons (Fsp3) is 0.375. The van der Waals surface area contributed by atoms with E-state index in [1.807, 2.05) is 36.1 Å². The van der Waals surface area contributed by atoms with Gasteiger partial charge < -0.3 is 19.6 Å². The number of piperazine rings is 2. The highest BCUT2D eigenvalue weighted by atomic mass is 19.1. The lowest BCUT2D eigenvalue weighted by Gasteiger charge is -2.38. The first-order valence-electron chi connectivity index (χ1n) is 10.8. The molecule has 3 amide bonds. The fourth-order valence-electron chi connectivity index (χ4n) is 4.22. The summed E-state index contributed by atoms with van der Waals surface area (Å²) in [5, 5.41) is 0. The fourth-order valence-corrected chi connectivity index (χ4v) is 4.22. The predicted molar refractivity (Wildman–Crippen MR) is 118 cm³/mol. The molecule has 0 unspecified atom stereocenters. The summed E-state index contributed by atoms with van der Waals surface area (Å²) in [5.74, 6) is -1.68. The van der Waals surface area contributed by atoms with E-state index in [1.54, 1.807) is 23.1 Å². The Morgan fingerprint density at radius 3 is 2.28 bits per heavy atom. The van der Waals surface area contributed by atoms with Crippen LogP contribution < -0.4 is 4.90 Å². The lowest BCUT2D eigenvalue weighted by atomic mass is 10.1. The van der Waals surface area contributed by atoms with Crippen molar-refractivity contribution in [3.63, 3.8) is 0 Å². The van der Waals surface area contributed by atoms with Gasteiger partial charge in [0.2, 0.25) is 5.91 Å². The second kappa shape index (κ2) is 9.38. The number of hydrogen-bond acceptors (Lipinski definition) is 4. The topological polar surface area (TPSA) is 64.2 Å². The number of aryl methyl sites for hydroxylation is 1. The first kappa shape index (κ1) is 21.8. The zero-order chi connectivity index (χ0) is 22.7. The van der Waals surface area contributed by atoms with Gasteiger partial charge in [-0.05, 0) is 24.6 Å². The minimum Gasteiger partial charge on any atom is -0.366 e. The van der Waals surface area contributed by atoms with Crippen molar-refractivity contribution in [2.75, 3.05) is 50.7 Å². The Bertz CT molecular complexity index is 1020. The van der Waals surface area contributed by atoms with Crippen LogP contribution in [0.5, 0.6) is 0 Å². The van der Waals surface area contributed by atoms with Crippen molar-refractivity contribution in [2.24, 2.45) is 0 Å². The van der Waals surface area contributed by atoms with Gasteiger partial charge in [-0.15, -0.1) is 0 Å². The molecule has 2 aliphatic rings. The monoisotopic (exact) mass is 438 g/mol. The maximum absolute atomic E-state index is 14.0. The summed E-state index contributed by atoms with van der Waals surface area (Å²) in [6.45, 7) is 4.91. The Morgan fingerprint density at radius 1 is 0.875 bits per heavy atom. The van der Waals surface area contributed by atoms with Crippen molar-refractivity contribution in [2.45, 2.75) is 13.5 Å². The van der Waals surface area contributed by atoms with E-state index in [4.69, 9.17) is 0 Å². The van der Waals surface area contributed by atoms with E-state index in [0.717, 1.165) is 11.1 Å². The van der Waals surface area contributed by atoms with Crippen LogP contribution in [0.4, 0.5) is 10.1 Å². The zero-order valence-electron chi connectivity index (χ0n) is 18.2. The number of nitrogens with zero attached hydrogens (tertiary/aromatic N) is 4. The number of amides is 3. The highest BCUT2D eigenvalue weighted by Crippen LogP contribution is 2.20. The van der Waals surface area contributed by atoms with Gasteiger partial charge in [0.1, 0.15) is 12.4 Å². The molecule has 0 radical (unpaired) electrons. The van der Waals surface area contributed by atoms with Crippen LogP contribution >= 0.6 is 0 Å². The number of anilines is 1. The smallest absolute Gasteiger partial charge is 0.312 e. The second-order valence-electron chi connectivity index (χ2n) is 8.26. The number of hydrogen-bond donors (Lipinski definition) is 0. The normalized spacial score (nSPS) is 17.2. The molecule has 0 N–H and O–H groups in total. The molecular weight excluding hydrogens is 411 g/mol. The molecule has 168 valence electrons. The van der Waals surface area contributed by atoms with Gasteiger partial charge in [0.15, 0.2) is 0 Å². The zero-order valence-corrected chi connectivity index (χ0v) is 18.2. The van der Waals surface area contributed by atoms with Crippen LogP contribution in [-0.4, -0.2) is 78.2 Å². The third-order valence-corrected chi connectivity index (χ3v) is 6.00. The van der Waals surface area contributed by atoms with Crippen LogP contribution in [0, 0.1) is 12.7 Å². The van der Waals surface area contributed by atoms with Crippen molar-refractivity contribution in [1.29, 1.82) is 0 Å². The molecule has 2 aromatic rings. The van der Waals surface area contributed by atoms with Crippen LogP contribution in [0.2, 0.25) is 0 Å². The number of halogens is 1. The summed E-state index contributed by atoms with van der Waals surface area (Å²) in [5.41, 5.74) is 2.61.